The summed E-state index contributed by atoms with van der Waals surface area (Å²) in [6.07, 6.45) is 1.55. The summed E-state index contributed by atoms with van der Waals surface area (Å²) in [5, 5.41) is 16.3. The van der Waals surface area contributed by atoms with E-state index in [-0.39, 0.29) is 11.4 Å². The maximum Gasteiger partial charge on any atom is 0.283 e. The van der Waals surface area contributed by atoms with E-state index in [0.29, 0.717) is 29.2 Å². The van der Waals surface area contributed by atoms with Gasteiger partial charge in [0.25, 0.3) is 5.91 Å². The molecule has 4 heterocycles. The Labute approximate surface area is 187 Å². The van der Waals surface area contributed by atoms with E-state index in [1.54, 1.807) is 12.1 Å². The Hall–Kier alpha value is -2.82. The first-order chi connectivity index (χ1) is 15.1. The second-order valence-electron chi connectivity index (χ2n) is 7.07. The molecule has 1 aromatic heterocycles. The van der Waals surface area contributed by atoms with Crippen LogP contribution in [0.3, 0.4) is 0 Å². The van der Waals surface area contributed by atoms with Crippen LogP contribution < -0.4 is 0 Å². The van der Waals surface area contributed by atoms with Crippen molar-refractivity contribution in [2.24, 2.45) is 10.1 Å². The van der Waals surface area contributed by atoms with Gasteiger partial charge in [-0.05, 0) is 49.0 Å². The van der Waals surface area contributed by atoms with Crippen LogP contribution in [0, 0.1) is 12.3 Å². The largest absolute Gasteiger partial charge is 0.450 e. The Morgan fingerprint density at radius 1 is 1.13 bits per heavy atom. The molecule has 1 amide bonds. The quantitative estimate of drug-likeness (QED) is 0.709. The van der Waals surface area contributed by atoms with Crippen LogP contribution in [0.4, 0.5) is 0 Å². The molecule has 8 nitrogen and oxygen atoms in total. The maximum atomic E-state index is 12.6. The van der Waals surface area contributed by atoms with Crippen molar-refractivity contribution in [3.63, 3.8) is 0 Å². The molecule has 0 aliphatic carbocycles. The summed E-state index contributed by atoms with van der Waals surface area (Å²) in [4.78, 5) is 19.9. The van der Waals surface area contributed by atoms with Crippen molar-refractivity contribution in [3.05, 3.63) is 53.3 Å². The third-order valence-corrected chi connectivity index (χ3v) is 6.75. The molecule has 3 aliphatic heterocycles. The number of hydrogen-bond donors (Lipinski definition) is 1. The molecular weight excluding hydrogens is 434 g/mol. The van der Waals surface area contributed by atoms with Gasteiger partial charge in [0.1, 0.15) is 5.76 Å². The number of benzene rings is 1. The molecule has 5 rings (SSSR count). The monoisotopic (exact) mass is 453 g/mol. The van der Waals surface area contributed by atoms with E-state index in [0.717, 1.165) is 23.2 Å². The van der Waals surface area contributed by atoms with E-state index >= 15 is 0 Å². The summed E-state index contributed by atoms with van der Waals surface area (Å²) in [6, 6.07) is 11.8. The van der Waals surface area contributed by atoms with Crippen molar-refractivity contribution in [3.8, 4) is 0 Å². The lowest BCUT2D eigenvalue weighted by molar-refractivity contribution is -0.114. The predicted octanol–water partition coefficient (Wildman–Crippen LogP) is 3.65. The number of thioether (sulfide) groups is 1. The Morgan fingerprint density at radius 2 is 1.90 bits per heavy atom. The van der Waals surface area contributed by atoms with Gasteiger partial charge in [-0.1, -0.05) is 29.5 Å². The predicted molar refractivity (Wildman–Crippen MR) is 121 cm³/mol. The van der Waals surface area contributed by atoms with Crippen LogP contribution in [-0.2, 0) is 9.53 Å². The molecule has 1 aromatic carbocycles. The van der Waals surface area contributed by atoms with Crippen LogP contribution in [0.2, 0.25) is 0 Å². The number of furan rings is 1. The highest BCUT2D eigenvalue weighted by atomic mass is 32.2. The molecule has 1 N–H and O–H groups in total. The minimum Gasteiger partial charge on any atom is -0.450 e. The highest BCUT2D eigenvalue weighted by Crippen LogP contribution is 2.32. The van der Waals surface area contributed by atoms with Crippen molar-refractivity contribution < 1.29 is 13.9 Å². The Bertz CT molecular complexity index is 1130. The maximum absolute atomic E-state index is 12.6. The fraction of sp³-hybridized carbons (Fsp3) is 0.238. The highest BCUT2D eigenvalue weighted by Gasteiger charge is 2.37. The molecule has 0 saturated carbocycles. The van der Waals surface area contributed by atoms with Gasteiger partial charge in [0.15, 0.2) is 16.1 Å². The van der Waals surface area contributed by atoms with E-state index in [1.807, 2.05) is 37.3 Å². The number of amides is 1. The molecule has 31 heavy (non-hydrogen) atoms. The zero-order chi connectivity index (χ0) is 21.4. The number of ether oxygens (including phenoxy) is 1. The fourth-order valence-electron chi connectivity index (χ4n) is 3.20. The molecule has 3 aliphatic rings. The van der Waals surface area contributed by atoms with Gasteiger partial charge in [-0.15, -0.1) is 5.10 Å². The van der Waals surface area contributed by atoms with Crippen LogP contribution in [0.5, 0.6) is 0 Å². The fourth-order valence-corrected chi connectivity index (χ4v) is 4.92. The van der Waals surface area contributed by atoms with E-state index in [2.05, 4.69) is 15.0 Å². The van der Waals surface area contributed by atoms with E-state index in [9.17, 15) is 4.79 Å². The minimum atomic E-state index is -0.466. The van der Waals surface area contributed by atoms with Crippen LogP contribution >= 0.6 is 23.5 Å². The number of nitrogens with one attached hydrogen (secondary N) is 1. The Kier molecular flexibility index (Phi) is 5.43. The standard InChI is InChI=1S/C21H19N5O3S2/c1-13-2-5-15(6-3-13)30-17-7-4-14(29-17)12-16-18(22)26-20(23-19(16)27)31-21(24-26)25-8-10-28-11-9-25/h2-7,12,22H,8-11H2,1H3/b16-12+,22-18?. The zero-order valence-electron chi connectivity index (χ0n) is 16.7. The molecule has 2 aromatic rings. The van der Waals surface area contributed by atoms with Gasteiger partial charge in [0.05, 0.1) is 18.8 Å². The molecule has 0 unspecified atom stereocenters. The normalized spacial score (nSPS) is 20.2. The third-order valence-electron chi connectivity index (χ3n) is 4.85. The molecule has 0 atom stereocenters. The summed E-state index contributed by atoms with van der Waals surface area (Å²) in [7, 11) is 0. The number of aryl methyl sites for hydroxylation is 1. The van der Waals surface area contributed by atoms with Gasteiger partial charge in [0, 0.05) is 18.0 Å². The molecule has 10 heteroatoms. The van der Waals surface area contributed by atoms with Crippen LogP contribution in [-0.4, -0.2) is 58.3 Å². The van der Waals surface area contributed by atoms with Crippen molar-refractivity contribution in [2.75, 3.05) is 26.3 Å². The van der Waals surface area contributed by atoms with Gasteiger partial charge < -0.3 is 14.1 Å². The molecule has 0 bridgehead atoms. The van der Waals surface area contributed by atoms with Gasteiger partial charge >= 0.3 is 0 Å². The zero-order valence-corrected chi connectivity index (χ0v) is 18.3. The molecule has 1 saturated heterocycles. The highest BCUT2D eigenvalue weighted by molar-refractivity contribution is 8.26. The van der Waals surface area contributed by atoms with Crippen molar-refractivity contribution >= 4 is 51.7 Å². The van der Waals surface area contributed by atoms with Gasteiger partial charge in [-0.2, -0.15) is 10.0 Å². The summed E-state index contributed by atoms with van der Waals surface area (Å²) in [6.45, 7) is 4.77. The lowest BCUT2D eigenvalue weighted by Gasteiger charge is -2.26. The number of hydrazone groups is 1. The molecule has 1 fully saturated rings. The topological polar surface area (TPSA) is 94.5 Å². The second kappa shape index (κ2) is 8.37. The number of rotatable bonds is 3. The average molecular weight is 454 g/mol. The smallest absolute Gasteiger partial charge is 0.283 e. The number of carbonyl (C=O) groups excluding carboxylic acids is 1. The number of morpholine rings is 1. The van der Waals surface area contributed by atoms with Crippen molar-refractivity contribution in [2.45, 2.75) is 16.9 Å². The Balaban J connectivity index is 1.34. The number of hydrogen-bond acceptors (Lipinski definition) is 8. The molecule has 0 spiro atoms. The van der Waals surface area contributed by atoms with E-state index in [4.69, 9.17) is 14.6 Å². The first kappa shape index (κ1) is 20.1. The number of amidine groups is 3. The second-order valence-corrected chi connectivity index (χ2v) is 9.09. The van der Waals surface area contributed by atoms with Crippen LogP contribution in [0.15, 0.2) is 66.5 Å². The SMILES string of the molecule is Cc1ccc(Sc2ccc(/C=C3\C(=N)N4N=C(N5CCOCC5)SC4=NC3=O)o2)cc1. The summed E-state index contributed by atoms with van der Waals surface area (Å²) < 4.78 is 11.2. The molecule has 158 valence electrons. The van der Waals surface area contributed by atoms with Gasteiger partial charge in [0.2, 0.25) is 5.17 Å². The lowest BCUT2D eigenvalue weighted by atomic mass is 10.1. The number of carbonyl (C=O) groups is 1. The Morgan fingerprint density at radius 3 is 2.68 bits per heavy atom. The van der Waals surface area contributed by atoms with Crippen molar-refractivity contribution in [1.82, 2.24) is 9.91 Å². The summed E-state index contributed by atoms with van der Waals surface area (Å²) in [5.74, 6) is 0.0202. The van der Waals surface area contributed by atoms with Gasteiger partial charge in [-0.3, -0.25) is 10.2 Å². The summed E-state index contributed by atoms with van der Waals surface area (Å²) >= 11 is 2.80. The molecule has 0 radical (unpaired) electrons. The third kappa shape index (κ3) is 4.18. The van der Waals surface area contributed by atoms with E-state index < -0.39 is 5.91 Å². The first-order valence-corrected chi connectivity index (χ1v) is 11.4. The van der Waals surface area contributed by atoms with E-state index in [1.165, 1.54) is 34.1 Å². The van der Waals surface area contributed by atoms with Crippen LogP contribution in [0.25, 0.3) is 6.08 Å². The minimum absolute atomic E-state index is 0.00472. The summed E-state index contributed by atoms with van der Waals surface area (Å²) in [5.41, 5.74) is 1.35. The molecular formula is C21H19N5O3S2. The lowest BCUT2D eigenvalue weighted by Crippen LogP contribution is -2.39. The van der Waals surface area contributed by atoms with Crippen LogP contribution in [0.1, 0.15) is 11.3 Å². The first-order valence-electron chi connectivity index (χ1n) is 9.74. The van der Waals surface area contributed by atoms with Crippen molar-refractivity contribution in [1.29, 1.82) is 5.41 Å². The number of fused-ring (bicyclic) bond motifs is 1. The number of nitrogens with zero attached hydrogens (tertiary/aromatic N) is 4. The van der Waals surface area contributed by atoms with Gasteiger partial charge in [-0.25, -0.2) is 0 Å². The average Bonchev–Trinajstić information content (AvgIpc) is 3.40. The number of aliphatic imine (C=N–C) groups is 1.